The van der Waals surface area contributed by atoms with Gasteiger partial charge >= 0.3 is 0 Å². The van der Waals surface area contributed by atoms with Crippen LogP contribution in [0.4, 0.5) is 5.13 Å². The van der Waals surface area contributed by atoms with Gasteiger partial charge in [-0.1, -0.05) is 38.0 Å². The molecule has 3 unspecified atom stereocenters. The number of amides is 1. The van der Waals surface area contributed by atoms with E-state index in [0.717, 1.165) is 23.4 Å². The maximum atomic E-state index is 12.6. The number of aromatic nitrogens is 1. The number of ketones is 1. The number of nitrogens with one attached hydrogen (secondary N) is 2. The largest absolute Gasteiger partial charge is 0.303 e. The van der Waals surface area contributed by atoms with E-state index in [9.17, 15) is 9.59 Å². The van der Waals surface area contributed by atoms with Crippen LogP contribution in [0.1, 0.15) is 67.7 Å². The average molecular weight is 347 g/mol. The molecule has 0 radical (unpaired) electrons. The van der Waals surface area contributed by atoms with E-state index in [4.69, 9.17) is 0 Å². The summed E-state index contributed by atoms with van der Waals surface area (Å²) in [6.45, 7) is 4.19. The molecule has 3 aliphatic rings. The standard InChI is InChI=1S/C18H25N3O2S/c1-18(2)8-13-15(14(22)9-18)24-17(20-13)21-16(23)12-7-10-5-3-4-6-11(10)19-12/h10-12,19H,3-9H2,1-2H3,(H,20,21,23). The van der Waals surface area contributed by atoms with Crippen molar-refractivity contribution >= 4 is 28.2 Å². The highest BCUT2D eigenvalue weighted by Crippen LogP contribution is 2.38. The molecule has 2 aliphatic carbocycles. The van der Waals surface area contributed by atoms with Gasteiger partial charge in [-0.25, -0.2) is 4.98 Å². The summed E-state index contributed by atoms with van der Waals surface area (Å²) in [5.74, 6) is 0.799. The van der Waals surface area contributed by atoms with Crippen LogP contribution in [0.2, 0.25) is 0 Å². The fourth-order valence-electron chi connectivity index (χ4n) is 4.49. The molecule has 2 fully saturated rings. The van der Waals surface area contributed by atoms with Crippen molar-refractivity contribution in [1.29, 1.82) is 0 Å². The van der Waals surface area contributed by atoms with Crippen molar-refractivity contribution < 1.29 is 9.59 Å². The Morgan fingerprint density at radius 2 is 2.08 bits per heavy atom. The fraction of sp³-hybridized carbons (Fsp3) is 0.722. The lowest BCUT2D eigenvalue weighted by molar-refractivity contribution is -0.117. The van der Waals surface area contributed by atoms with E-state index in [-0.39, 0.29) is 23.1 Å². The summed E-state index contributed by atoms with van der Waals surface area (Å²) in [5.41, 5.74) is 0.812. The highest BCUT2D eigenvalue weighted by atomic mass is 32.1. The smallest absolute Gasteiger partial charge is 0.243 e. The Labute approximate surface area is 146 Å². The van der Waals surface area contributed by atoms with Crippen molar-refractivity contribution in [2.24, 2.45) is 11.3 Å². The van der Waals surface area contributed by atoms with Crippen molar-refractivity contribution in [3.8, 4) is 0 Å². The summed E-state index contributed by atoms with van der Waals surface area (Å²) in [7, 11) is 0. The predicted molar refractivity (Wildman–Crippen MR) is 94.5 cm³/mol. The van der Waals surface area contributed by atoms with Gasteiger partial charge in [0.25, 0.3) is 0 Å². The minimum absolute atomic E-state index is 0.00204. The Balaban J connectivity index is 1.45. The van der Waals surface area contributed by atoms with Crippen LogP contribution in [0, 0.1) is 11.3 Å². The first-order valence-corrected chi connectivity index (χ1v) is 9.83. The van der Waals surface area contributed by atoms with E-state index in [1.165, 1.54) is 37.0 Å². The normalized spacial score (nSPS) is 31.4. The number of hydrogen-bond acceptors (Lipinski definition) is 5. The van der Waals surface area contributed by atoms with Crippen LogP contribution < -0.4 is 10.6 Å². The van der Waals surface area contributed by atoms with Gasteiger partial charge in [0, 0.05) is 12.5 Å². The molecule has 24 heavy (non-hydrogen) atoms. The van der Waals surface area contributed by atoms with E-state index in [0.29, 0.717) is 23.5 Å². The number of hydrogen-bond donors (Lipinski definition) is 2. The molecule has 3 atom stereocenters. The molecule has 130 valence electrons. The first kappa shape index (κ1) is 16.2. The first-order chi connectivity index (χ1) is 11.4. The molecule has 2 N–H and O–H groups in total. The molecule has 0 spiro atoms. The molecule has 1 aromatic rings. The first-order valence-electron chi connectivity index (χ1n) is 9.01. The molecule has 5 nitrogen and oxygen atoms in total. The van der Waals surface area contributed by atoms with Crippen LogP contribution in [-0.4, -0.2) is 28.8 Å². The van der Waals surface area contributed by atoms with Crippen molar-refractivity contribution in [3.63, 3.8) is 0 Å². The molecule has 1 saturated heterocycles. The van der Waals surface area contributed by atoms with Gasteiger partial charge in [-0.15, -0.1) is 0 Å². The van der Waals surface area contributed by atoms with Crippen molar-refractivity contribution in [3.05, 3.63) is 10.6 Å². The van der Waals surface area contributed by atoms with Gasteiger partial charge in [0.15, 0.2) is 10.9 Å². The number of carbonyl (C=O) groups excluding carboxylic acids is 2. The van der Waals surface area contributed by atoms with E-state index in [2.05, 4.69) is 29.5 Å². The second kappa shape index (κ2) is 5.92. The molecule has 1 amide bonds. The monoisotopic (exact) mass is 347 g/mol. The van der Waals surface area contributed by atoms with Gasteiger partial charge in [-0.3, -0.25) is 9.59 Å². The summed E-state index contributed by atoms with van der Waals surface area (Å²) < 4.78 is 0. The molecule has 2 heterocycles. The van der Waals surface area contributed by atoms with Crippen LogP contribution in [0.25, 0.3) is 0 Å². The lowest BCUT2D eigenvalue weighted by atomic mass is 9.78. The van der Waals surface area contributed by atoms with Gasteiger partial charge in [0.1, 0.15) is 0 Å². The summed E-state index contributed by atoms with van der Waals surface area (Å²) in [5, 5.41) is 7.02. The third-order valence-electron chi connectivity index (χ3n) is 5.65. The number of anilines is 1. The lowest BCUT2D eigenvalue weighted by Gasteiger charge is -2.26. The topological polar surface area (TPSA) is 71.1 Å². The van der Waals surface area contributed by atoms with E-state index in [1.54, 1.807) is 0 Å². The number of Topliss-reactive ketones (excluding diaryl/α,β-unsaturated/α-hetero) is 1. The molecule has 0 aromatic carbocycles. The maximum Gasteiger partial charge on any atom is 0.243 e. The minimum atomic E-state index is -0.119. The zero-order chi connectivity index (χ0) is 16.9. The van der Waals surface area contributed by atoms with Crippen molar-refractivity contribution in [1.82, 2.24) is 10.3 Å². The van der Waals surface area contributed by atoms with E-state index in [1.807, 2.05) is 0 Å². The van der Waals surface area contributed by atoms with Gasteiger partial charge < -0.3 is 10.6 Å². The van der Waals surface area contributed by atoms with Crippen molar-refractivity contribution in [2.45, 2.75) is 70.9 Å². The Morgan fingerprint density at radius 1 is 1.29 bits per heavy atom. The van der Waals surface area contributed by atoms with Crippen LogP contribution in [0.5, 0.6) is 0 Å². The molecule has 6 heteroatoms. The fourth-order valence-corrected chi connectivity index (χ4v) is 5.41. The zero-order valence-electron chi connectivity index (χ0n) is 14.4. The summed E-state index contributed by atoms with van der Waals surface area (Å²) in [6.07, 6.45) is 7.25. The second-order valence-corrected chi connectivity index (χ2v) is 9.33. The molecule has 0 bridgehead atoms. The molecule has 4 rings (SSSR count). The number of nitrogens with zero attached hydrogens (tertiary/aromatic N) is 1. The Kier molecular flexibility index (Phi) is 4.00. The predicted octanol–water partition coefficient (Wildman–Crippen LogP) is 3.16. The van der Waals surface area contributed by atoms with Crippen LogP contribution in [-0.2, 0) is 11.2 Å². The Morgan fingerprint density at radius 3 is 2.88 bits per heavy atom. The number of thiazole rings is 1. The van der Waals surface area contributed by atoms with Gasteiger partial charge in [-0.2, -0.15) is 0 Å². The highest BCUT2D eigenvalue weighted by molar-refractivity contribution is 7.17. The van der Waals surface area contributed by atoms with Gasteiger partial charge in [0.2, 0.25) is 5.91 Å². The third-order valence-corrected chi connectivity index (χ3v) is 6.70. The molecular weight excluding hydrogens is 322 g/mol. The van der Waals surface area contributed by atoms with Crippen molar-refractivity contribution in [2.75, 3.05) is 5.32 Å². The lowest BCUT2D eigenvalue weighted by Crippen LogP contribution is -2.39. The summed E-state index contributed by atoms with van der Waals surface area (Å²) in [4.78, 5) is 30.1. The third kappa shape index (κ3) is 3.02. The van der Waals surface area contributed by atoms with Crippen LogP contribution in [0.3, 0.4) is 0 Å². The quantitative estimate of drug-likeness (QED) is 0.862. The molecular formula is C18H25N3O2S. The molecule has 1 aliphatic heterocycles. The van der Waals surface area contributed by atoms with Crippen LogP contribution >= 0.6 is 11.3 Å². The SMILES string of the molecule is CC1(C)CC(=O)c2sc(NC(=O)C3CC4CCCCC4N3)nc2C1. The summed E-state index contributed by atoms with van der Waals surface area (Å²) in [6, 6.07) is 0.382. The maximum absolute atomic E-state index is 12.6. The van der Waals surface area contributed by atoms with Crippen LogP contribution in [0.15, 0.2) is 0 Å². The number of fused-ring (bicyclic) bond motifs is 2. The average Bonchev–Trinajstić information content (AvgIpc) is 3.09. The van der Waals surface area contributed by atoms with Gasteiger partial charge in [-0.05, 0) is 37.0 Å². The summed E-state index contributed by atoms with van der Waals surface area (Å²) >= 11 is 1.34. The van der Waals surface area contributed by atoms with E-state index >= 15 is 0 Å². The zero-order valence-corrected chi connectivity index (χ0v) is 15.2. The molecule has 1 saturated carbocycles. The Bertz CT molecular complexity index is 668. The highest BCUT2D eigenvalue weighted by Gasteiger charge is 2.39. The second-order valence-electron chi connectivity index (χ2n) is 8.33. The minimum Gasteiger partial charge on any atom is -0.303 e. The molecule has 1 aromatic heterocycles. The van der Waals surface area contributed by atoms with E-state index < -0.39 is 0 Å². The number of rotatable bonds is 2. The Hall–Kier alpha value is -1.27. The number of carbonyl (C=O) groups is 2. The van der Waals surface area contributed by atoms with Gasteiger partial charge in [0.05, 0.1) is 16.6 Å².